The third-order valence-electron chi connectivity index (χ3n) is 6.80. The Kier molecular flexibility index (Phi) is 4.65. The zero-order valence-electron chi connectivity index (χ0n) is 17.4. The summed E-state index contributed by atoms with van der Waals surface area (Å²) in [6.45, 7) is 0.978. The summed E-state index contributed by atoms with van der Waals surface area (Å²) in [5.41, 5.74) is 4.26. The zero-order valence-corrected chi connectivity index (χ0v) is 17.4. The average Bonchev–Trinajstić information content (AvgIpc) is 3.42. The molecule has 3 atom stereocenters. The predicted octanol–water partition coefficient (Wildman–Crippen LogP) is 4.60. The summed E-state index contributed by atoms with van der Waals surface area (Å²) >= 11 is 0. The molecule has 2 aliphatic rings. The Bertz CT molecular complexity index is 1170. The molecular formula is C25H26N6. The van der Waals surface area contributed by atoms with Crippen molar-refractivity contribution in [1.29, 1.82) is 0 Å². The van der Waals surface area contributed by atoms with Crippen LogP contribution in [-0.4, -0.2) is 36.7 Å². The van der Waals surface area contributed by atoms with Crippen LogP contribution in [0.5, 0.6) is 0 Å². The molecule has 156 valence electrons. The maximum Gasteiger partial charge on any atom is 0.154 e. The van der Waals surface area contributed by atoms with Crippen LogP contribution in [0, 0.1) is 5.92 Å². The van der Waals surface area contributed by atoms with E-state index >= 15 is 0 Å². The molecule has 6 heteroatoms. The van der Waals surface area contributed by atoms with Crippen molar-refractivity contribution in [3.8, 4) is 11.3 Å². The summed E-state index contributed by atoms with van der Waals surface area (Å²) < 4.78 is 1.93. The molecule has 1 saturated heterocycles. The molecule has 0 radical (unpaired) electrons. The summed E-state index contributed by atoms with van der Waals surface area (Å²) in [6.07, 6.45) is 10.9. The van der Waals surface area contributed by atoms with Gasteiger partial charge in [0.25, 0.3) is 0 Å². The number of piperidine rings is 1. The number of imidazole rings is 1. The third-order valence-corrected chi connectivity index (χ3v) is 6.80. The van der Waals surface area contributed by atoms with Crippen molar-refractivity contribution >= 4 is 11.5 Å². The molecule has 0 spiro atoms. The Morgan fingerprint density at radius 2 is 1.81 bits per heavy atom. The van der Waals surface area contributed by atoms with E-state index in [9.17, 15) is 0 Å². The first-order chi connectivity index (χ1) is 15.3. The lowest BCUT2D eigenvalue weighted by molar-refractivity contribution is 0.0949. The van der Waals surface area contributed by atoms with E-state index in [0.717, 1.165) is 35.2 Å². The lowest BCUT2D eigenvalue weighted by atomic mass is 9.95. The van der Waals surface area contributed by atoms with E-state index in [1.54, 1.807) is 12.4 Å². The monoisotopic (exact) mass is 410 g/mol. The van der Waals surface area contributed by atoms with Crippen LogP contribution in [0.25, 0.3) is 16.9 Å². The fourth-order valence-electron chi connectivity index (χ4n) is 5.29. The van der Waals surface area contributed by atoms with Crippen LogP contribution in [0.2, 0.25) is 0 Å². The number of hydrogen-bond acceptors (Lipinski definition) is 5. The van der Waals surface area contributed by atoms with E-state index in [0.29, 0.717) is 12.2 Å². The van der Waals surface area contributed by atoms with Crippen molar-refractivity contribution in [3.05, 3.63) is 78.8 Å². The molecule has 0 amide bonds. The van der Waals surface area contributed by atoms with Crippen LogP contribution in [0.1, 0.15) is 31.2 Å². The van der Waals surface area contributed by atoms with Crippen LogP contribution in [-0.2, 0) is 6.54 Å². The molecule has 2 bridgehead atoms. The lowest BCUT2D eigenvalue weighted by Gasteiger charge is -2.41. The number of fused-ring (bicyclic) bond motifs is 3. The Hall–Kier alpha value is -3.25. The Balaban J connectivity index is 1.30. The number of likely N-dealkylation sites (tertiary alicyclic amines) is 1. The van der Waals surface area contributed by atoms with Crippen molar-refractivity contribution in [1.82, 2.24) is 24.5 Å². The molecule has 2 fully saturated rings. The number of nitrogens with zero attached hydrogens (tertiary/aromatic N) is 5. The second-order valence-electron chi connectivity index (χ2n) is 8.75. The van der Waals surface area contributed by atoms with Crippen molar-refractivity contribution in [2.45, 2.75) is 44.4 Å². The van der Waals surface area contributed by atoms with Gasteiger partial charge in [-0.3, -0.25) is 9.88 Å². The van der Waals surface area contributed by atoms with Gasteiger partial charge in [-0.05, 0) is 61.4 Å². The van der Waals surface area contributed by atoms with Crippen molar-refractivity contribution < 1.29 is 0 Å². The number of anilines is 1. The van der Waals surface area contributed by atoms with Crippen LogP contribution in [0.3, 0.4) is 0 Å². The highest BCUT2D eigenvalue weighted by Crippen LogP contribution is 2.40. The topological polar surface area (TPSA) is 58.3 Å². The van der Waals surface area contributed by atoms with Gasteiger partial charge in [0, 0.05) is 30.5 Å². The number of rotatable bonds is 5. The Morgan fingerprint density at radius 3 is 2.68 bits per heavy atom. The molecule has 3 unspecified atom stereocenters. The highest BCUT2D eigenvalue weighted by atomic mass is 15.4. The number of aromatic nitrogens is 4. The van der Waals surface area contributed by atoms with Gasteiger partial charge in [0.05, 0.1) is 18.1 Å². The fraction of sp³-hybridized carbons (Fsp3) is 0.320. The fourth-order valence-corrected chi connectivity index (χ4v) is 5.29. The molecule has 1 aromatic carbocycles. The molecule has 4 heterocycles. The molecule has 6 nitrogen and oxygen atoms in total. The summed E-state index contributed by atoms with van der Waals surface area (Å²) in [5, 5.41) is 8.68. The van der Waals surface area contributed by atoms with Crippen LogP contribution < -0.4 is 5.32 Å². The summed E-state index contributed by atoms with van der Waals surface area (Å²) in [7, 11) is 0. The molecule has 1 aliphatic carbocycles. The molecule has 1 N–H and O–H groups in total. The van der Waals surface area contributed by atoms with Gasteiger partial charge < -0.3 is 5.32 Å². The van der Waals surface area contributed by atoms with Crippen molar-refractivity contribution in [2.75, 3.05) is 5.32 Å². The number of nitrogens with one attached hydrogen (secondary N) is 1. The Labute approximate surface area is 182 Å². The van der Waals surface area contributed by atoms with E-state index < -0.39 is 0 Å². The van der Waals surface area contributed by atoms with Gasteiger partial charge in [0.1, 0.15) is 5.82 Å². The van der Waals surface area contributed by atoms with Gasteiger partial charge in [0.15, 0.2) is 5.65 Å². The van der Waals surface area contributed by atoms with Crippen LogP contribution in [0.4, 0.5) is 5.82 Å². The maximum atomic E-state index is 4.91. The molecule has 4 aromatic rings. The van der Waals surface area contributed by atoms with Gasteiger partial charge in [-0.15, -0.1) is 5.10 Å². The summed E-state index contributed by atoms with van der Waals surface area (Å²) in [5.74, 6) is 1.71. The number of hydrogen-bond donors (Lipinski definition) is 1. The molecule has 1 aliphatic heterocycles. The zero-order chi connectivity index (χ0) is 20.6. The SMILES string of the molecule is c1ccc(CN2C3CCC(C3)CC2Nc2ccc3ncc(-c4ccncc4)n3n2)cc1. The van der Waals surface area contributed by atoms with E-state index in [-0.39, 0.29) is 0 Å². The van der Waals surface area contributed by atoms with Gasteiger partial charge in [-0.25, -0.2) is 9.50 Å². The van der Waals surface area contributed by atoms with Gasteiger partial charge in [-0.2, -0.15) is 0 Å². The minimum atomic E-state index is 0.296. The second-order valence-corrected chi connectivity index (χ2v) is 8.75. The molecular weight excluding hydrogens is 384 g/mol. The highest BCUT2D eigenvalue weighted by molar-refractivity contribution is 5.63. The first kappa shape index (κ1) is 18.5. The summed E-state index contributed by atoms with van der Waals surface area (Å²) in [6, 6.07) is 19.5. The van der Waals surface area contributed by atoms with Gasteiger partial charge in [0.2, 0.25) is 0 Å². The minimum Gasteiger partial charge on any atom is -0.353 e. The van der Waals surface area contributed by atoms with E-state index in [1.165, 1.54) is 31.2 Å². The normalized spacial score (nSPS) is 23.3. The number of pyridine rings is 1. The smallest absolute Gasteiger partial charge is 0.154 e. The standard InChI is InChI=1S/C25H26N6/c1-2-4-18(5-3-1)17-30-21-7-6-19(14-21)15-25(30)28-23-8-9-24-27-16-22(31(24)29-23)20-10-12-26-13-11-20/h1-5,8-13,16,19,21,25H,6-7,14-15,17H2,(H,28,29). The van der Waals surface area contributed by atoms with E-state index in [2.05, 4.69) is 56.6 Å². The van der Waals surface area contributed by atoms with Crippen molar-refractivity contribution in [2.24, 2.45) is 5.92 Å². The quantitative estimate of drug-likeness (QED) is 0.521. The molecule has 1 saturated carbocycles. The predicted molar refractivity (Wildman–Crippen MR) is 121 cm³/mol. The number of benzene rings is 1. The third kappa shape index (κ3) is 3.57. The first-order valence-electron chi connectivity index (χ1n) is 11.1. The van der Waals surface area contributed by atoms with Gasteiger partial charge >= 0.3 is 0 Å². The van der Waals surface area contributed by atoms with Crippen molar-refractivity contribution in [3.63, 3.8) is 0 Å². The molecule has 3 aromatic heterocycles. The van der Waals surface area contributed by atoms with Crippen LogP contribution >= 0.6 is 0 Å². The van der Waals surface area contributed by atoms with E-state index in [4.69, 9.17) is 5.10 Å². The Morgan fingerprint density at radius 1 is 0.935 bits per heavy atom. The van der Waals surface area contributed by atoms with Crippen LogP contribution in [0.15, 0.2) is 73.2 Å². The summed E-state index contributed by atoms with van der Waals surface area (Å²) in [4.78, 5) is 11.3. The maximum absolute atomic E-state index is 4.91. The average molecular weight is 411 g/mol. The molecule has 6 rings (SSSR count). The molecule has 31 heavy (non-hydrogen) atoms. The first-order valence-corrected chi connectivity index (χ1v) is 11.1. The highest BCUT2D eigenvalue weighted by Gasteiger charge is 2.40. The van der Waals surface area contributed by atoms with Gasteiger partial charge in [-0.1, -0.05) is 30.3 Å². The van der Waals surface area contributed by atoms with E-state index in [1.807, 2.05) is 28.9 Å². The lowest BCUT2D eigenvalue weighted by Crippen LogP contribution is -2.49. The minimum absolute atomic E-state index is 0.296. The largest absolute Gasteiger partial charge is 0.353 e. The second kappa shape index (κ2) is 7.78.